The maximum Gasteiger partial charge on any atom is 0.204 e. The lowest BCUT2D eigenvalue weighted by Gasteiger charge is -2.11. The molecule has 0 saturated carbocycles. The van der Waals surface area contributed by atoms with Crippen LogP contribution in [0.5, 0.6) is 0 Å². The molecule has 0 N–H and O–H groups in total. The number of rotatable bonds is 4. The van der Waals surface area contributed by atoms with Crippen molar-refractivity contribution in [2.45, 2.75) is 13.8 Å². The molecule has 0 aromatic rings. The first-order valence-electron chi connectivity index (χ1n) is 3.33. The van der Waals surface area contributed by atoms with Crippen molar-refractivity contribution in [1.29, 1.82) is 0 Å². The second-order valence-corrected chi connectivity index (χ2v) is 5.15. The molecule has 0 aliphatic rings. The molecule has 60 valence electrons. The Labute approximate surface area is 62.7 Å². The summed E-state index contributed by atoms with van der Waals surface area (Å²) in [5, 5.41) is 0. The highest BCUT2D eigenvalue weighted by Crippen LogP contribution is 2.43. The van der Waals surface area contributed by atoms with E-state index in [1.54, 1.807) is 6.66 Å². The van der Waals surface area contributed by atoms with Crippen molar-refractivity contribution in [3.05, 3.63) is 12.2 Å². The van der Waals surface area contributed by atoms with E-state index in [9.17, 15) is 4.57 Å². The maximum atomic E-state index is 11.3. The molecule has 3 heteroatoms. The summed E-state index contributed by atoms with van der Waals surface area (Å²) in [6.07, 6.45) is 0.501. The van der Waals surface area contributed by atoms with Gasteiger partial charge in [0.1, 0.15) is 0 Å². The summed E-state index contributed by atoms with van der Waals surface area (Å²) in [6, 6.07) is 0. The van der Waals surface area contributed by atoms with E-state index in [1.807, 2.05) is 13.8 Å². The predicted octanol–water partition coefficient (Wildman–Crippen LogP) is 2.51. The first-order chi connectivity index (χ1) is 4.48. The molecule has 1 atom stereocenters. The topological polar surface area (TPSA) is 26.3 Å². The van der Waals surface area contributed by atoms with Crippen molar-refractivity contribution in [3.8, 4) is 0 Å². The zero-order valence-electron chi connectivity index (χ0n) is 6.89. The molecule has 1 unspecified atom stereocenters. The molecule has 0 spiro atoms. The highest BCUT2D eigenvalue weighted by atomic mass is 31.2. The van der Waals surface area contributed by atoms with Gasteiger partial charge in [-0.2, -0.15) is 0 Å². The second-order valence-electron chi connectivity index (χ2n) is 2.55. The van der Waals surface area contributed by atoms with Crippen LogP contribution in [0.2, 0.25) is 0 Å². The minimum Gasteiger partial charge on any atom is -0.329 e. The van der Waals surface area contributed by atoms with Gasteiger partial charge in [0.05, 0.1) is 6.61 Å². The lowest BCUT2D eigenvalue weighted by Crippen LogP contribution is -1.93. The van der Waals surface area contributed by atoms with E-state index in [4.69, 9.17) is 4.52 Å². The Hall–Kier alpha value is -0.0700. The van der Waals surface area contributed by atoms with Crippen molar-refractivity contribution >= 4 is 7.37 Å². The van der Waals surface area contributed by atoms with E-state index in [1.165, 1.54) is 0 Å². The summed E-state index contributed by atoms with van der Waals surface area (Å²) in [5.41, 5.74) is 0.916. The Kier molecular flexibility index (Phi) is 3.92. The number of allylic oxidation sites excluding steroid dienone is 1. The quantitative estimate of drug-likeness (QED) is 0.469. The lowest BCUT2D eigenvalue weighted by molar-refractivity contribution is 0.339. The molecule has 0 radical (unpaired) electrons. The van der Waals surface area contributed by atoms with Crippen LogP contribution in [0.25, 0.3) is 0 Å². The van der Waals surface area contributed by atoms with E-state index >= 15 is 0 Å². The molecule has 0 heterocycles. The normalized spacial score (nSPS) is 16.3. The van der Waals surface area contributed by atoms with Gasteiger partial charge in [0.15, 0.2) is 0 Å². The van der Waals surface area contributed by atoms with Gasteiger partial charge >= 0.3 is 0 Å². The van der Waals surface area contributed by atoms with E-state index in [2.05, 4.69) is 6.58 Å². The minimum absolute atomic E-state index is 0.501. The Morgan fingerprint density at radius 1 is 1.70 bits per heavy atom. The van der Waals surface area contributed by atoms with Gasteiger partial charge < -0.3 is 4.52 Å². The molecule has 0 aliphatic heterocycles. The van der Waals surface area contributed by atoms with Crippen molar-refractivity contribution in [1.82, 2.24) is 0 Å². The average Bonchev–Trinajstić information content (AvgIpc) is 1.59. The molecule has 0 bridgehead atoms. The Morgan fingerprint density at radius 2 is 2.20 bits per heavy atom. The molecular weight excluding hydrogens is 147 g/mol. The summed E-state index contributed by atoms with van der Waals surface area (Å²) in [6.45, 7) is 9.53. The number of hydrogen-bond donors (Lipinski definition) is 0. The van der Waals surface area contributed by atoms with Crippen LogP contribution < -0.4 is 0 Å². The fourth-order valence-electron chi connectivity index (χ4n) is 0.809. The van der Waals surface area contributed by atoms with E-state index in [0.717, 1.165) is 5.57 Å². The standard InChI is InChI=1S/C7H15O2P/c1-5-9-10(4,8)6-7(2)3/h2,5-6H2,1,3-4H3. The van der Waals surface area contributed by atoms with Crippen LogP contribution in [0.1, 0.15) is 13.8 Å². The van der Waals surface area contributed by atoms with Crippen LogP contribution in [0.4, 0.5) is 0 Å². The first-order valence-corrected chi connectivity index (χ1v) is 5.59. The molecule has 2 nitrogen and oxygen atoms in total. The maximum absolute atomic E-state index is 11.3. The monoisotopic (exact) mass is 162 g/mol. The lowest BCUT2D eigenvalue weighted by atomic mass is 10.4. The van der Waals surface area contributed by atoms with Gasteiger partial charge in [-0.3, -0.25) is 4.57 Å². The molecule has 0 aromatic heterocycles. The molecule has 0 amide bonds. The van der Waals surface area contributed by atoms with Crippen LogP contribution in [0.15, 0.2) is 12.2 Å². The third kappa shape index (κ3) is 4.78. The van der Waals surface area contributed by atoms with Crippen LogP contribution in [-0.4, -0.2) is 19.4 Å². The second kappa shape index (κ2) is 3.95. The predicted molar refractivity (Wildman–Crippen MR) is 44.8 cm³/mol. The molecule has 0 aliphatic carbocycles. The molecule has 0 fully saturated rings. The van der Waals surface area contributed by atoms with Gasteiger partial charge in [0.25, 0.3) is 0 Å². The van der Waals surface area contributed by atoms with Crippen molar-refractivity contribution in [2.24, 2.45) is 0 Å². The van der Waals surface area contributed by atoms with Gasteiger partial charge in [0, 0.05) is 12.8 Å². The molecule has 10 heavy (non-hydrogen) atoms. The fourth-order valence-corrected chi connectivity index (χ4v) is 2.43. The summed E-state index contributed by atoms with van der Waals surface area (Å²) in [7, 11) is -2.35. The van der Waals surface area contributed by atoms with E-state index in [-0.39, 0.29) is 0 Å². The van der Waals surface area contributed by atoms with Crippen molar-refractivity contribution < 1.29 is 9.09 Å². The summed E-state index contributed by atoms with van der Waals surface area (Å²) in [4.78, 5) is 0. The average molecular weight is 162 g/mol. The summed E-state index contributed by atoms with van der Waals surface area (Å²) >= 11 is 0. The smallest absolute Gasteiger partial charge is 0.204 e. The summed E-state index contributed by atoms with van der Waals surface area (Å²) < 4.78 is 16.4. The van der Waals surface area contributed by atoms with Crippen molar-refractivity contribution in [2.75, 3.05) is 19.4 Å². The highest BCUT2D eigenvalue weighted by Gasteiger charge is 2.13. The van der Waals surface area contributed by atoms with Gasteiger partial charge in [-0.05, 0) is 13.8 Å². The Morgan fingerprint density at radius 3 is 2.50 bits per heavy atom. The molecule has 0 saturated heterocycles. The van der Waals surface area contributed by atoms with Crippen LogP contribution in [0, 0.1) is 0 Å². The SMILES string of the molecule is C=C(C)CP(C)(=O)OCC. The Balaban J connectivity index is 3.87. The Bertz CT molecular complexity index is 163. The van der Waals surface area contributed by atoms with Crippen molar-refractivity contribution in [3.63, 3.8) is 0 Å². The number of hydrogen-bond acceptors (Lipinski definition) is 2. The highest BCUT2D eigenvalue weighted by molar-refractivity contribution is 7.58. The zero-order chi connectivity index (χ0) is 8.20. The molecule has 0 rings (SSSR count). The van der Waals surface area contributed by atoms with Gasteiger partial charge in [0.2, 0.25) is 7.37 Å². The fraction of sp³-hybridized carbons (Fsp3) is 0.714. The van der Waals surface area contributed by atoms with Crippen LogP contribution in [-0.2, 0) is 9.09 Å². The zero-order valence-corrected chi connectivity index (χ0v) is 7.78. The third-order valence-corrected chi connectivity index (χ3v) is 2.88. The minimum atomic E-state index is -2.35. The third-order valence-electron chi connectivity index (χ3n) is 0.959. The van der Waals surface area contributed by atoms with Crippen LogP contribution >= 0.6 is 7.37 Å². The molecular formula is C7H15O2P. The summed E-state index contributed by atoms with van der Waals surface area (Å²) in [5.74, 6) is 0. The van der Waals surface area contributed by atoms with Gasteiger partial charge in [-0.25, -0.2) is 0 Å². The van der Waals surface area contributed by atoms with E-state index in [0.29, 0.717) is 12.8 Å². The molecule has 0 aromatic carbocycles. The van der Waals surface area contributed by atoms with Gasteiger partial charge in [-0.1, -0.05) is 12.2 Å². The first kappa shape index (κ1) is 9.93. The van der Waals surface area contributed by atoms with Gasteiger partial charge in [-0.15, -0.1) is 0 Å². The van der Waals surface area contributed by atoms with E-state index < -0.39 is 7.37 Å². The van der Waals surface area contributed by atoms with Crippen LogP contribution in [0.3, 0.4) is 0 Å². The largest absolute Gasteiger partial charge is 0.329 e.